The predicted molar refractivity (Wildman–Crippen MR) is 96.7 cm³/mol. The highest BCUT2D eigenvalue weighted by Crippen LogP contribution is 2.61. The second-order valence-electron chi connectivity index (χ2n) is 8.65. The summed E-state index contributed by atoms with van der Waals surface area (Å²) in [7, 11) is 0. The van der Waals surface area contributed by atoms with Crippen molar-refractivity contribution in [3.8, 4) is 0 Å². The molecule has 0 aromatic heterocycles. The smallest absolute Gasteiger partial charge is 0.269 e. The minimum absolute atomic E-state index is 0.0412. The van der Waals surface area contributed by atoms with Crippen LogP contribution in [0.3, 0.4) is 0 Å². The third-order valence-electron chi connectivity index (χ3n) is 6.64. The van der Waals surface area contributed by atoms with Crippen molar-refractivity contribution < 1.29 is 9.59 Å². The zero-order valence-electron chi connectivity index (χ0n) is 15.0. The van der Waals surface area contributed by atoms with Crippen molar-refractivity contribution in [3.05, 3.63) is 35.4 Å². The van der Waals surface area contributed by atoms with E-state index in [0.717, 1.165) is 24.2 Å². The van der Waals surface area contributed by atoms with Crippen LogP contribution in [0.1, 0.15) is 67.8 Å². The zero-order valence-corrected chi connectivity index (χ0v) is 15.0. The average molecular weight is 340 g/mol. The number of carbonyl (C=O) groups excluding carboxylic acids is 2. The van der Waals surface area contributed by atoms with Crippen LogP contribution in [0.15, 0.2) is 24.3 Å². The number of hydrazine groups is 1. The fourth-order valence-corrected chi connectivity index (χ4v) is 5.98. The first-order valence-electron chi connectivity index (χ1n) is 9.73. The van der Waals surface area contributed by atoms with E-state index in [1.54, 1.807) is 12.1 Å². The highest BCUT2D eigenvalue weighted by Gasteiger charge is 2.51. The summed E-state index contributed by atoms with van der Waals surface area (Å²) in [6.07, 6.45) is 9.27. The van der Waals surface area contributed by atoms with Crippen LogP contribution in [0.4, 0.5) is 0 Å². The lowest BCUT2D eigenvalue weighted by Gasteiger charge is -2.56. The zero-order chi connectivity index (χ0) is 17.4. The summed E-state index contributed by atoms with van der Waals surface area (Å²) in [5.41, 5.74) is 7.20. The maximum atomic E-state index is 12.4. The van der Waals surface area contributed by atoms with Crippen molar-refractivity contribution >= 4 is 11.8 Å². The van der Waals surface area contributed by atoms with Gasteiger partial charge in [-0.05, 0) is 85.8 Å². The molecule has 0 atom stereocenters. The monoisotopic (exact) mass is 340 g/mol. The van der Waals surface area contributed by atoms with Gasteiger partial charge < -0.3 is 0 Å². The van der Waals surface area contributed by atoms with Crippen molar-refractivity contribution in [2.75, 3.05) is 0 Å². The van der Waals surface area contributed by atoms with E-state index in [4.69, 9.17) is 0 Å². The van der Waals surface area contributed by atoms with E-state index in [9.17, 15) is 9.59 Å². The minimum Gasteiger partial charge on any atom is -0.273 e. The highest BCUT2D eigenvalue weighted by atomic mass is 16.2. The van der Waals surface area contributed by atoms with Crippen LogP contribution in [0, 0.1) is 23.2 Å². The molecule has 0 saturated heterocycles. The lowest BCUT2D eigenvalue weighted by molar-refractivity contribution is -0.130. The Labute approximate surface area is 149 Å². The Balaban J connectivity index is 1.31. The maximum absolute atomic E-state index is 12.4. The van der Waals surface area contributed by atoms with Gasteiger partial charge in [0.2, 0.25) is 5.91 Å². The molecule has 0 radical (unpaired) electrons. The lowest BCUT2D eigenvalue weighted by Crippen LogP contribution is -2.50. The lowest BCUT2D eigenvalue weighted by atomic mass is 9.49. The number of benzene rings is 1. The molecule has 1 aromatic rings. The molecule has 5 rings (SSSR count). The Morgan fingerprint density at radius 3 is 2.04 bits per heavy atom. The Kier molecular flexibility index (Phi) is 4.30. The number of amides is 2. The first-order valence-corrected chi connectivity index (χ1v) is 9.73. The molecular weight excluding hydrogens is 312 g/mol. The van der Waals surface area contributed by atoms with Gasteiger partial charge >= 0.3 is 0 Å². The molecule has 0 aliphatic heterocycles. The molecular formula is C21H28N2O2. The van der Waals surface area contributed by atoms with Crippen LogP contribution in [0.25, 0.3) is 0 Å². The first kappa shape index (κ1) is 16.6. The van der Waals surface area contributed by atoms with Crippen LogP contribution in [0.5, 0.6) is 0 Å². The standard InChI is InChI=1S/C21H28N2O2/c1-2-14-3-5-18(6-4-14)20(25)23-22-19(24)13-21-10-15-7-16(11-21)9-17(8-15)12-21/h3-6,15-17H,2,7-13H2,1H3,(H,22,24)(H,23,25). The van der Waals surface area contributed by atoms with Crippen molar-refractivity contribution in [2.24, 2.45) is 23.2 Å². The molecule has 134 valence electrons. The molecule has 4 aliphatic carbocycles. The third-order valence-corrected chi connectivity index (χ3v) is 6.64. The molecule has 0 heterocycles. The van der Waals surface area contributed by atoms with Crippen LogP contribution in [-0.4, -0.2) is 11.8 Å². The second kappa shape index (κ2) is 6.47. The molecule has 0 spiro atoms. The van der Waals surface area contributed by atoms with Gasteiger partial charge in [-0.3, -0.25) is 20.4 Å². The normalized spacial score (nSPS) is 32.4. The van der Waals surface area contributed by atoms with Gasteiger partial charge in [-0.25, -0.2) is 0 Å². The van der Waals surface area contributed by atoms with Gasteiger partial charge in [0.05, 0.1) is 0 Å². The summed E-state index contributed by atoms with van der Waals surface area (Å²) in [6, 6.07) is 7.51. The molecule has 4 bridgehead atoms. The van der Waals surface area contributed by atoms with E-state index in [1.165, 1.54) is 44.1 Å². The van der Waals surface area contributed by atoms with Crippen LogP contribution in [0.2, 0.25) is 0 Å². The molecule has 4 fully saturated rings. The largest absolute Gasteiger partial charge is 0.273 e. The third kappa shape index (κ3) is 3.44. The Morgan fingerprint density at radius 1 is 0.960 bits per heavy atom. The van der Waals surface area contributed by atoms with Gasteiger partial charge in [-0.2, -0.15) is 0 Å². The summed E-state index contributed by atoms with van der Waals surface area (Å²) in [5.74, 6) is 2.23. The fraction of sp³-hybridized carbons (Fsp3) is 0.619. The van der Waals surface area contributed by atoms with Crippen LogP contribution in [-0.2, 0) is 11.2 Å². The van der Waals surface area contributed by atoms with Crippen molar-refractivity contribution in [1.82, 2.24) is 10.9 Å². The number of aryl methyl sites for hydroxylation is 1. The Morgan fingerprint density at radius 2 is 1.52 bits per heavy atom. The molecule has 25 heavy (non-hydrogen) atoms. The van der Waals surface area contributed by atoms with Gasteiger partial charge in [-0.15, -0.1) is 0 Å². The number of nitrogens with one attached hydrogen (secondary N) is 2. The van der Waals surface area contributed by atoms with Crippen molar-refractivity contribution in [3.63, 3.8) is 0 Å². The molecule has 4 nitrogen and oxygen atoms in total. The quantitative estimate of drug-likeness (QED) is 0.823. The Hall–Kier alpha value is -1.84. The Bertz CT molecular complexity index is 630. The van der Waals surface area contributed by atoms with Crippen molar-refractivity contribution in [2.45, 2.75) is 58.3 Å². The van der Waals surface area contributed by atoms with E-state index in [0.29, 0.717) is 12.0 Å². The van der Waals surface area contributed by atoms with E-state index >= 15 is 0 Å². The van der Waals surface area contributed by atoms with E-state index in [2.05, 4.69) is 17.8 Å². The topological polar surface area (TPSA) is 58.2 Å². The number of hydrogen-bond donors (Lipinski definition) is 2. The fourth-order valence-electron chi connectivity index (χ4n) is 5.98. The average Bonchev–Trinajstić information content (AvgIpc) is 2.58. The molecule has 1 aromatic carbocycles. The summed E-state index contributed by atoms with van der Waals surface area (Å²) >= 11 is 0. The van der Waals surface area contributed by atoms with Crippen molar-refractivity contribution in [1.29, 1.82) is 0 Å². The summed E-state index contributed by atoms with van der Waals surface area (Å²) in [5, 5.41) is 0. The van der Waals surface area contributed by atoms with Gasteiger partial charge in [0, 0.05) is 12.0 Å². The summed E-state index contributed by atoms with van der Waals surface area (Å²) in [6.45, 7) is 2.08. The van der Waals surface area contributed by atoms with Gasteiger partial charge in [-0.1, -0.05) is 19.1 Å². The molecule has 4 saturated carbocycles. The molecule has 2 amide bonds. The first-order chi connectivity index (χ1) is 12.0. The number of carbonyl (C=O) groups is 2. The SMILES string of the molecule is CCc1ccc(C(=O)NNC(=O)CC23CC4CC(CC(C4)C2)C3)cc1. The predicted octanol–water partition coefficient (Wildman–Crippen LogP) is 3.62. The second-order valence-corrected chi connectivity index (χ2v) is 8.65. The van der Waals surface area contributed by atoms with E-state index in [-0.39, 0.29) is 17.2 Å². The molecule has 4 heteroatoms. The van der Waals surface area contributed by atoms with Gasteiger partial charge in [0.1, 0.15) is 0 Å². The summed E-state index contributed by atoms with van der Waals surface area (Å²) in [4.78, 5) is 24.6. The number of hydrogen-bond acceptors (Lipinski definition) is 2. The van der Waals surface area contributed by atoms with Crippen LogP contribution >= 0.6 is 0 Å². The van der Waals surface area contributed by atoms with E-state index in [1.807, 2.05) is 12.1 Å². The molecule has 0 unspecified atom stereocenters. The van der Waals surface area contributed by atoms with Gasteiger partial charge in [0.15, 0.2) is 0 Å². The molecule has 4 aliphatic rings. The number of rotatable bonds is 4. The maximum Gasteiger partial charge on any atom is 0.269 e. The molecule has 2 N–H and O–H groups in total. The minimum atomic E-state index is -0.249. The highest BCUT2D eigenvalue weighted by molar-refractivity contribution is 5.95. The summed E-state index contributed by atoms with van der Waals surface area (Å²) < 4.78 is 0. The van der Waals surface area contributed by atoms with Gasteiger partial charge in [0.25, 0.3) is 5.91 Å². The van der Waals surface area contributed by atoms with Crippen LogP contribution < -0.4 is 10.9 Å². The van der Waals surface area contributed by atoms with E-state index < -0.39 is 0 Å².